The van der Waals surface area contributed by atoms with E-state index in [1.54, 1.807) is 45.0 Å². The van der Waals surface area contributed by atoms with Crippen LogP contribution in [0.2, 0.25) is 0 Å². The molecule has 0 radical (unpaired) electrons. The minimum absolute atomic E-state index is 0.280. The molecule has 0 bridgehead atoms. The number of rotatable bonds is 5. The van der Waals surface area contributed by atoms with E-state index in [9.17, 15) is 9.18 Å². The first-order chi connectivity index (χ1) is 11.7. The minimum atomic E-state index is -0.556. The molecule has 2 rings (SSSR count). The van der Waals surface area contributed by atoms with Crippen LogP contribution < -0.4 is 15.8 Å². The Morgan fingerprint density at radius 3 is 2.32 bits per heavy atom. The Morgan fingerprint density at radius 1 is 1.08 bits per heavy atom. The van der Waals surface area contributed by atoms with Crippen molar-refractivity contribution in [3.8, 4) is 11.5 Å². The average Bonchev–Trinajstić information content (AvgIpc) is 2.53. The Hall–Kier alpha value is -2.60. The van der Waals surface area contributed by atoms with Crippen molar-refractivity contribution < 1.29 is 18.7 Å². The molecule has 1 amide bonds. The van der Waals surface area contributed by atoms with Gasteiger partial charge in [0.05, 0.1) is 0 Å². The van der Waals surface area contributed by atoms with Crippen LogP contribution in [0.4, 0.5) is 9.18 Å². The summed E-state index contributed by atoms with van der Waals surface area (Å²) in [5.74, 6) is 0.752. The summed E-state index contributed by atoms with van der Waals surface area (Å²) in [5.41, 5.74) is 6.85. The van der Waals surface area contributed by atoms with Gasteiger partial charge in [-0.2, -0.15) is 0 Å². The molecule has 0 heterocycles. The number of alkyl carbamates (subject to hydrolysis) is 1. The van der Waals surface area contributed by atoms with E-state index in [0.717, 1.165) is 11.1 Å². The normalized spacial score (nSPS) is 11.1. The molecule has 0 aromatic heterocycles. The standard InChI is InChI=1S/C19H23FN2O3/c1-19(2,3)25-18(23)22-12-14-8-13(11-21)9-17(10-14)24-16-6-4-15(20)5-7-16/h4-10H,11-12,21H2,1-3H3,(H,22,23). The quantitative estimate of drug-likeness (QED) is 0.855. The third-order valence-corrected chi connectivity index (χ3v) is 3.15. The lowest BCUT2D eigenvalue weighted by molar-refractivity contribution is 0.0523. The van der Waals surface area contributed by atoms with Gasteiger partial charge in [0.25, 0.3) is 0 Å². The summed E-state index contributed by atoms with van der Waals surface area (Å²) in [6.45, 7) is 6.02. The molecule has 0 aliphatic carbocycles. The maximum absolute atomic E-state index is 13.0. The molecule has 5 nitrogen and oxygen atoms in total. The van der Waals surface area contributed by atoms with E-state index in [0.29, 0.717) is 18.0 Å². The highest BCUT2D eigenvalue weighted by Gasteiger charge is 2.15. The molecule has 0 atom stereocenters. The summed E-state index contributed by atoms with van der Waals surface area (Å²) in [6, 6.07) is 11.2. The summed E-state index contributed by atoms with van der Waals surface area (Å²) in [4.78, 5) is 11.8. The maximum Gasteiger partial charge on any atom is 0.407 e. The van der Waals surface area contributed by atoms with E-state index < -0.39 is 11.7 Å². The van der Waals surface area contributed by atoms with Crippen LogP contribution in [0.1, 0.15) is 31.9 Å². The van der Waals surface area contributed by atoms with Gasteiger partial charge in [-0.25, -0.2) is 9.18 Å². The Kier molecular flexibility index (Phi) is 5.98. The van der Waals surface area contributed by atoms with Crippen LogP contribution in [-0.4, -0.2) is 11.7 Å². The number of carbonyl (C=O) groups excluding carboxylic acids is 1. The van der Waals surface area contributed by atoms with Crippen LogP contribution in [-0.2, 0) is 17.8 Å². The molecule has 134 valence electrons. The minimum Gasteiger partial charge on any atom is -0.457 e. The second-order valence-corrected chi connectivity index (χ2v) is 6.60. The summed E-state index contributed by atoms with van der Waals surface area (Å²) in [6.07, 6.45) is -0.494. The van der Waals surface area contributed by atoms with Gasteiger partial charge in [-0.3, -0.25) is 0 Å². The van der Waals surface area contributed by atoms with Gasteiger partial charge in [-0.1, -0.05) is 6.07 Å². The Morgan fingerprint density at radius 2 is 1.72 bits per heavy atom. The molecule has 0 fully saturated rings. The zero-order chi connectivity index (χ0) is 18.4. The zero-order valence-electron chi connectivity index (χ0n) is 14.6. The summed E-state index contributed by atoms with van der Waals surface area (Å²) in [7, 11) is 0. The molecule has 0 saturated carbocycles. The number of nitrogens with one attached hydrogen (secondary N) is 1. The van der Waals surface area contributed by atoms with Crippen molar-refractivity contribution in [1.82, 2.24) is 5.32 Å². The summed E-state index contributed by atoms with van der Waals surface area (Å²) >= 11 is 0. The van der Waals surface area contributed by atoms with Gasteiger partial charge >= 0.3 is 6.09 Å². The van der Waals surface area contributed by atoms with Crippen molar-refractivity contribution in [3.05, 3.63) is 59.4 Å². The Bertz CT molecular complexity index is 724. The van der Waals surface area contributed by atoms with Crippen LogP contribution >= 0.6 is 0 Å². The highest BCUT2D eigenvalue weighted by molar-refractivity contribution is 5.67. The number of hydrogen-bond donors (Lipinski definition) is 2. The van der Waals surface area contributed by atoms with Crippen molar-refractivity contribution in [3.63, 3.8) is 0 Å². The number of halogens is 1. The Balaban J connectivity index is 2.08. The van der Waals surface area contributed by atoms with E-state index in [1.165, 1.54) is 12.1 Å². The van der Waals surface area contributed by atoms with Crippen LogP contribution in [0, 0.1) is 5.82 Å². The summed E-state index contributed by atoms with van der Waals surface area (Å²) in [5, 5.41) is 2.70. The van der Waals surface area contributed by atoms with Gasteiger partial charge in [0.15, 0.2) is 0 Å². The first kappa shape index (κ1) is 18.7. The first-order valence-electron chi connectivity index (χ1n) is 7.98. The lowest BCUT2D eigenvalue weighted by Crippen LogP contribution is -2.32. The number of nitrogens with two attached hydrogens (primary N) is 1. The zero-order valence-corrected chi connectivity index (χ0v) is 14.6. The molecule has 2 aromatic carbocycles. The molecule has 25 heavy (non-hydrogen) atoms. The van der Waals surface area contributed by atoms with Gasteiger partial charge in [0, 0.05) is 13.1 Å². The second-order valence-electron chi connectivity index (χ2n) is 6.60. The average molecular weight is 346 g/mol. The molecule has 6 heteroatoms. The van der Waals surface area contributed by atoms with Crippen LogP contribution in [0.15, 0.2) is 42.5 Å². The Labute approximate surface area is 146 Å². The number of benzene rings is 2. The number of hydrogen-bond acceptors (Lipinski definition) is 4. The molecular formula is C19H23FN2O3. The lowest BCUT2D eigenvalue weighted by Gasteiger charge is -2.20. The van der Waals surface area contributed by atoms with Gasteiger partial charge < -0.3 is 20.5 Å². The molecular weight excluding hydrogens is 323 g/mol. The predicted molar refractivity (Wildman–Crippen MR) is 93.9 cm³/mol. The number of ether oxygens (including phenoxy) is 2. The molecule has 0 aliphatic rings. The molecule has 0 aliphatic heterocycles. The van der Waals surface area contributed by atoms with E-state index in [4.69, 9.17) is 15.2 Å². The molecule has 0 spiro atoms. The molecule has 0 unspecified atom stereocenters. The fourth-order valence-corrected chi connectivity index (χ4v) is 2.13. The van der Waals surface area contributed by atoms with Crippen molar-refractivity contribution in [1.29, 1.82) is 0 Å². The fraction of sp³-hybridized carbons (Fsp3) is 0.316. The number of carbonyl (C=O) groups is 1. The van der Waals surface area contributed by atoms with E-state index >= 15 is 0 Å². The van der Waals surface area contributed by atoms with Gasteiger partial charge in [-0.05, 0) is 68.3 Å². The largest absolute Gasteiger partial charge is 0.457 e. The van der Waals surface area contributed by atoms with Gasteiger partial charge in [0.2, 0.25) is 0 Å². The number of amides is 1. The van der Waals surface area contributed by atoms with Gasteiger partial charge in [0.1, 0.15) is 22.9 Å². The van der Waals surface area contributed by atoms with E-state index in [1.807, 2.05) is 6.07 Å². The lowest BCUT2D eigenvalue weighted by atomic mass is 10.1. The van der Waals surface area contributed by atoms with E-state index in [-0.39, 0.29) is 12.4 Å². The van der Waals surface area contributed by atoms with Crippen LogP contribution in [0.5, 0.6) is 11.5 Å². The SMILES string of the molecule is CC(C)(C)OC(=O)NCc1cc(CN)cc(Oc2ccc(F)cc2)c1. The maximum atomic E-state index is 13.0. The smallest absolute Gasteiger partial charge is 0.407 e. The van der Waals surface area contributed by atoms with Crippen LogP contribution in [0.25, 0.3) is 0 Å². The third kappa shape index (κ3) is 6.43. The molecule has 0 saturated heterocycles. The van der Waals surface area contributed by atoms with Gasteiger partial charge in [-0.15, -0.1) is 0 Å². The third-order valence-electron chi connectivity index (χ3n) is 3.15. The summed E-state index contributed by atoms with van der Waals surface area (Å²) < 4.78 is 23.9. The topological polar surface area (TPSA) is 73.6 Å². The first-order valence-corrected chi connectivity index (χ1v) is 7.98. The second kappa shape index (κ2) is 7.98. The predicted octanol–water partition coefficient (Wildman–Crippen LogP) is 4.10. The van der Waals surface area contributed by atoms with E-state index in [2.05, 4.69) is 5.32 Å². The highest BCUT2D eigenvalue weighted by atomic mass is 19.1. The van der Waals surface area contributed by atoms with Crippen molar-refractivity contribution >= 4 is 6.09 Å². The fourth-order valence-electron chi connectivity index (χ4n) is 2.13. The monoisotopic (exact) mass is 346 g/mol. The van der Waals surface area contributed by atoms with Crippen molar-refractivity contribution in [2.75, 3.05) is 0 Å². The van der Waals surface area contributed by atoms with Crippen LogP contribution in [0.3, 0.4) is 0 Å². The molecule has 3 N–H and O–H groups in total. The highest BCUT2D eigenvalue weighted by Crippen LogP contribution is 2.24. The molecule has 2 aromatic rings. The van der Waals surface area contributed by atoms with Crippen molar-refractivity contribution in [2.24, 2.45) is 5.73 Å². The van der Waals surface area contributed by atoms with Crippen molar-refractivity contribution in [2.45, 2.75) is 39.5 Å².